The second-order valence-electron chi connectivity index (χ2n) is 7.59. The minimum atomic E-state index is -0.440. The molecule has 3 rings (SSSR count). The van der Waals surface area contributed by atoms with Crippen LogP contribution in [0.5, 0.6) is 0 Å². The third kappa shape index (κ3) is 4.41. The van der Waals surface area contributed by atoms with Gasteiger partial charge in [0.15, 0.2) is 0 Å². The summed E-state index contributed by atoms with van der Waals surface area (Å²) in [4.78, 5) is 34.1. The maximum Gasteiger partial charge on any atom is 0.245 e. The summed E-state index contributed by atoms with van der Waals surface area (Å²) in [6.07, 6.45) is 3.81. The highest BCUT2D eigenvalue weighted by atomic mass is 16.2. The van der Waals surface area contributed by atoms with Crippen LogP contribution in [0.1, 0.15) is 37.1 Å². The van der Waals surface area contributed by atoms with Gasteiger partial charge in [0.25, 0.3) is 0 Å². The first-order chi connectivity index (χ1) is 13.5. The predicted octanol–water partition coefficient (Wildman–Crippen LogP) is 3.08. The summed E-state index contributed by atoms with van der Waals surface area (Å²) in [5.74, 6) is -0.0186. The Morgan fingerprint density at radius 2 is 1.89 bits per heavy atom. The normalized spacial score (nSPS) is 17.0. The van der Waals surface area contributed by atoms with Crippen molar-refractivity contribution < 1.29 is 9.59 Å². The maximum atomic E-state index is 13.3. The Kier molecular flexibility index (Phi) is 6.45. The Morgan fingerprint density at radius 1 is 1.18 bits per heavy atom. The van der Waals surface area contributed by atoms with Crippen molar-refractivity contribution in [3.05, 3.63) is 65.5 Å². The van der Waals surface area contributed by atoms with Crippen LogP contribution in [0.4, 0.5) is 0 Å². The molecule has 2 amide bonds. The van der Waals surface area contributed by atoms with Gasteiger partial charge in [-0.2, -0.15) is 0 Å². The van der Waals surface area contributed by atoms with Crippen LogP contribution >= 0.6 is 0 Å². The molecule has 5 heteroatoms. The van der Waals surface area contributed by atoms with Gasteiger partial charge >= 0.3 is 0 Å². The molecule has 28 heavy (non-hydrogen) atoms. The fraction of sp³-hybridized carbons (Fsp3) is 0.435. The van der Waals surface area contributed by atoms with Crippen molar-refractivity contribution in [2.24, 2.45) is 5.92 Å². The van der Waals surface area contributed by atoms with Gasteiger partial charge in [0, 0.05) is 50.8 Å². The van der Waals surface area contributed by atoms with Gasteiger partial charge in [0.2, 0.25) is 11.8 Å². The maximum absolute atomic E-state index is 13.3. The van der Waals surface area contributed by atoms with Gasteiger partial charge in [0.05, 0.1) is 0 Å². The third-order valence-electron chi connectivity index (χ3n) is 5.66. The molecule has 0 N–H and O–H groups in total. The summed E-state index contributed by atoms with van der Waals surface area (Å²) >= 11 is 0. The van der Waals surface area contributed by atoms with E-state index < -0.39 is 6.04 Å². The largest absolute Gasteiger partial charge is 0.344 e. The summed E-state index contributed by atoms with van der Waals surface area (Å²) in [5, 5.41) is 0. The van der Waals surface area contributed by atoms with Crippen molar-refractivity contribution in [2.45, 2.75) is 45.7 Å². The number of amides is 2. The Labute approximate surface area is 167 Å². The number of nitrogens with zero attached hydrogens (tertiary/aromatic N) is 3. The highest BCUT2D eigenvalue weighted by Crippen LogP contribution is 2.26. The van der Waals surface area contributed by atoms with Gasteiger partial charge in [0.1, 0.15) is 6.04 Å². The number of hydrogen-bond acceptors (Lipinski definition) is 3. The fourth-order valence-electron chi connectivity index (χ4n) is 3.63. The minimum Gasteiger partial charge on any atom is -0.344 e. The molecule has 0 saturated heterocycles. The van der Waals surface area contributed by atoms with Gasteiger partial charge in [-0.3, -0.25) is 14.6 Å². The van der Waals surface area contributed by atoms with Gasteiger partial charge < -0.3 is 9.80 Å². The molecule has 2 atom stereocenters. The van der Waals surface area contributed by atoms with Crippen molar-refractivity contribution >= 4 is 11.8 Å². The molecule has 2 heterocycles. The molecule has 0 aliphatic carbocycles. The number of likely N-dealkylation sites (N-methyl/N-ethyl adjacent to an activating group) is 1. The zero-order valence-electron chi connectivity index (χ0n) is 17.0. The highest BCUT2D eigenvalue weighted by molar-refractivity contribution is 5.89. The molecule has 0 bridgehead atoms. The second-order valence-corrected chi connectivity index (χ2v) is 7.59. The number of hydrogen-bond donors (Lipinski definition) is 0. The van der Waals surface area contributed by atoms with E-state index in [1.165, 1.54) is 0 Å². The van der Waals surface area contributed by atoms with E-state index in [0.29, 0.717) is 25.9 Å². The number of carbonyl (C=O) groups is 2. The van der Waals surface area contributed by atoms with Crippen LogP contribution in [0.15, 0.2) is 48.7 Å². The number of fused-ring (bicyclic) bond motifs is 1. The monoisotopic (exact) mass is 379 g/mol. The SMILES string of the molecule is CCC(C)C(=O)N1Cc2ccccc2CC1C(=O)N(C)CCc1ccccn1. The van der Waals surface area contributed by atoms with Gasteiger partial charge in [-0.05, 0) is 29.7 Å². The minimum absolute atomic E-state index is 0.00193. The van der Waals surface area contributed by atoms with E-state index in [0.717, 1.165) is 23.2 Å². The summed E-state index contributed by atoms with van der Waals surface area (Å²) in [5.41, 5.74) is 3.26. The first-order valence-electron chi connectivity index (χ1n) is 10.0. The Hall–Kier alpha value is -2.69. The summed E-state index contributed by atoms with van der Waals surface area (Å²) in [6, 6.07) is 13.5. The Bertz CT molecular complexity index is 822. The van der Waals surface area contributed by atoms with E-state index >= 15 is 0 Å². The molecule has 1 aromatic carbocycles. The van der Waals surface area contributed by atoms with Crippen LogP contribution in [-0.4, -0.2) is 46.2 Å². The second kappa shape index (κ2) is 9.00. The number of carbonyl (C=O) groups excluding carboxylic acids is 2. The Morgan fingerprint density at radius 3 is 2.57 bits per heavy atom. The number of rotatable bonds is 6. The molecule has 5 nitrogen and oxygen atoms in total. The predicted molar refractivity (Wildman–Crippen MR) is 110 cm³/mol. The number of pyridine rings is 1. The van der Waals surface area contributed by atoms with Crippen LogP contribution < -0.4 is 0 Å². The summed E-state index contributed by atoms with van der Waals surface area (Å²) < 4.78 is 0. The average molecular weight is 380 g/mol. The van der Waals surface area contributed by atoms with Crippen LogP contribution in [0.2, 0.25) is 0 Å². The highest BCUT2D eigenvalue weighted by Gasteiger charge is 2.37. The first-order valence-corrected chi connectivity index (χ1v) is 10.0. The smallest absolute Gasteiger partial charge is 0.245 e. The van der Waals surface area contributed by atoms with Crippen molar-refractivity contribution in [2.75, 3.05) is 13.6 Å². The topological polar surface area (TPSA) is 53.5 Å². The number of benzene rings is 1. The molecule has 0 saturated carbocycles. The van der Waals surface area contributed by atoms with E-state index in [9.17, 15) is 9.59 Å². The molecular weight excluding hydrogens is 350 g/mol. The molecular formula is C23H29N3O2. The summed E-state index contributed by atoms with van der Waals surface area (Å²) in [7, 11) is 1.82. The molecule has 2 unspecified atom stereocenters. The third-order valence-corrected chi connectivity index (χ3v) is 5.66. The lowest BCUT2D eigenvalue weighted by Gasteiger charge is -2.39. The zero-order chi connectivity index (χ0) is 20.1. The molecule has 2 aromatic rings. The lowest BCUT2D eigenvalue weighted by molar-refractivity contribution is -0.148. The van der Waals surface area contributed by atoms with Crippen LogP contribution in [0.3, 0.4) is 0 Å². The first kappa shape index (κ1) is 20.1. The van der Waals surface area contributed by atoms with Gasteiger partial charge in [-0.1, -0.05) is 44.2 Å². The quantitative estimate of drug-likeness (QED) is 0.775. The van der Waals surface area contributed by atoms with Crippen molar-refractivity contribution in [3.63, 3.8) is 0 Å². The number of aromatic nitrogens is 1. The van der Waals surface area contributed by atoms with Gasteiger partial charge in [-0.25, -0.2) is 0 Å². The molecule has 0 fully saturated rings. The van der Waals surface area contributed by atoms with Crippen molar-refractivity contribution in [1.29, 1.82) is 0 Å². The van der Waals surface area contributed by atoms with Crippen LogP contribution in [0, 0.1) is 5.92 Å². The van der Waals surface area contributed by atoms with Crippen molar-refractivity contribution in [3.8, 4) is 0 Å². The standard InChI is InChI=1S/C23H29N3O2/c1-4-17(2)22(27)26-16-19-10-6-5-9-18(19)15-21(26)23(28)25(3)14-12-20-11-7-8-13-24-20/h5-11,13,17,21H,4,12,14-16H2,1-3H3. The zero-order valence-corrected chi connectivity index (χ0v) is 17.0. The average Bonchev–Trinajstić information content (AvgIpc) is 2.75. The molecule has 0 spiro atoms. The molecule has 1 aliphatic heterocycles. The van der Waals surface area contributed by atoms with E-state index in [2.05, 4.69) is 17.1 Å². The van der Waals surface area contributed by atoms with E-state index in [4.69, 9.17) is 0 Å². The van der Waals surface area contributed by atoms with Crippen LogP contribution in [-0.2, 0) is 29.0 Å². The Balaban J connectivity index is 1.77. The summed E-state index contributed by atoms with van der Waals surface area (Å²) in [6.45, 7) is 5.04. The fourth-order valence-corrected chi connectivity index (χ4v) is 3.63. The van der Waals surface area contributed by atoms with Crippen molar-refractivity contribution in [1.82, 2.24) is 14.8 Å². The van der Waals surface area contributed by atoms with Gasteiger partial charge in [-0.15, -0.1) is 0 Å². The van der Waals surface area contributed by atoms with Crippen LogP contribution in [0.25, 0.3) is 0 Å². The molecule has 148 valence electrons. The molecule has 1 aliphatic rings. The molecule has 1 aromatic heterocycles. The van der Waals surface area contributed by atoms with E-state index in [-0.39, 0.29) is 17.7 Å². The lowest BCUT2D eigenvalue weighted by Crippen LogP contribution is -2.54. The van der Waals surface area contributed by atoms with E-state index in [1.807, 2.05) is 51.2 Å². The lowest BCUT2D eigenvalue weighted by atomic mass is 9.91. The molecule has 0 radical (unpaired) electrons. The van der Waals surface area contributed by atoms with E-state index in [1.54, 1.807) is 16.0 Å².